The zero-order valence-corrected chi connectivity index (χ0v) is 16.0. The van der Waals surface area contributed by atoms with E-state index in [2.05, 4.69) is 4.98 Å². The highest BCUT2D eigenvalue weighted by Crippen LogP contribution is 2.32. The maximum Gasteiger partial charge on any atom is 0.256 e. The average molecular weight is 388 g/mol. The number of sulfonamides is 1. The van der Waals surface area contributed by atoms with E-state index in [1.54, 1.807) is 30.1 Å². The normalized spacial score (nSPS) is 16.9. The molecule has 8 nitrogen and oxygen atoms in total. The van der Waals surface area contributed by atoms with E-state index < -0.39 is 10.0 Å². The molecular weight excluding hydrogens is 368 g/mol. The summed E-state index contributed by atoms with van der Waals surface area (Å²) in [4.78, 5) is 30.0. The van der Waals surface area contributed by atoms with Crippen LogP contribution < -0.4 is 10.5 Å². The largest absolute Gasteiger partial charge is 0.312 e. The third-order valence-electron chi connectivity index (χ3n) is 5.22. The Balaban J connectivity index is 1.69. The fraction of sp³-hybridized carbons (Fsp3) is 0.389. The Morgan fingerprint density at radius 1 is 1.19 bits per heavy atom. The summed E-state index contributed by atoms with van der Waals surface area (Å²) in [6, 6.07) is 4.94. The molecule has 1 amide bonds. The molecule has 0 saturated heterocycles. The lowest BCUT2D eigenvalue weighted by Crippen LogP contribution is -2.40. The summed E-state index contributed by atoms with van der Waals surface area (Å²) in [5.74, 6) is -0.102. The molecule has 0 atom stereocenters. The topological polar surface area (TPSA) is 92.6 Å². The highest BCUT2D eigenvalue weighted by atomic mass is 32.2. The second kappa shape index (κ2) is 6.28. The molecule has 27 heavy (non-hydrogen) atoms. The van der Waals surface area contributed by atoms with Crippen LogP contribution in [0.15, 0.2) is 34.2 Å². The molecule has 1 aromatic carbocycles. The number of hydrogen-bond donors (Lipinski definition) is 0. The van der Waals surface area contributed by atoms with Crippen LogP contribution in [0.3, 0.4) is 0 Å². The lowest BCUT2D eigenvalue weighted by molar-refractivity contribution is -0.116. The summed E-state index contributed by atoms with van der Waals surface area (Å²) < 4.78 is 29.0. The number of nitrogens with zero attached hydrogens (tertiary/aromatic N) is 4. The van der Waals surface area contributed by atoms with Crippen molar-refractivity contribution in [1.29, 1.82) is 0 Å². The fourth-order valence-electron chi connectivity index (χ4n) is 3.69. The van der Waals surface area contributed by atoms with Crippen LogP contribution in [-0.2, 0) is 41.3 Å². The Morgan fingerprint density at radius 3 is 2.70 bits per heavy atom. The number of carbonyl (C=O) groups is 1. The number of hydrogen-bond acceptors (Lipinski definition) is 5. The van der Waals surface area contributed by atoms with E-state index >= 15 is 0 Å². The summed E-state index contributed by atoms with van der Waals surface area (Å²) in [6.45, 7) is 2.34. The van der Waals surface area contributed by atoms with Crippen molar-refractivity contribution >= 4 is 21.6 Å². The molecule has 0 bridgehead atoms. The summed E-state index contributed by atoms with van der Waals surface area (Å²) in [6.07, 6.45) is 2.47. The van der Waals surface area contributed by atoms with E-state index in [1.165, 1.54) is 22.1 Å². The monoisotopic (exact) mass is 388 g/mol. The maximum atomic E-state index is 13.1. The molecule has 142 valence electrons. The molecule has 0 spiro atoms. The van der Waals surface area contributed by atoms with Crippen molar-refractivity contribution in [1.82, 2.24) is 13.9 Å². The Bertz CT molecular complexity index is 1110. The van der Waals surface area contributed by atoms with E-state index in [-0.39, 0.29) is 29.5 Å². The minimum absolute atomic E-state index is 0.0707. The maximum absolute atomic E-state index is 13.1. The lowest BCUT2D eigenvalue weighted by Gasteiger charge is -2.27. The van der Waals surface area contributed by atoms with Gasteiger partial charge in [0.25, 0.3) is 5.56 Å². The third-order valence-corrected chi connectivity index (χ3v) is 7.06. The minimum Gasteiger partial charge on any atom is -0.312 e. The Morgan fingerprint density at radius 2 is 1.96 bits per heavy atom. The highest BCUT2D eigenvalue weighted by Gasteiger charge is 2.32. The molecule has 0 aliphatic carbocycles. The number of aromatic nitrogens is 2. The van der Waals surface area contributed by atoms with Gasteiger partial charge in [-0.2, -0.15) is 4.31 Å². The molecule has 2 aliphatic heterocycles. The molecule has 0 radical (unpaired) electrons. The zero-order valence-electron chi connectivity index (χ0n) is 15.2. The molecule has 3 heterocycles. The average Bonchev–Trinajstić information content (AvgIpc) is 3.08. The number of carbonyl (C=O) groups excluding carboxylic acids is 1. The van der Waals surface area contributed by atoms with Crippen LogP contribution in [-0.4, -0.2) is 41.3 Å². The van der Waals surface area contributed by atoms with Crippen molar-refractivity contribution in [3.63, 3.8) is 0 Å². The molecule has 0 fully saturated rings. The summed E-state index contributed by atoms with van der Waals surface area (Å²) in [5, 5.41) is 0. The first kappa shape index (κ1) is 17.9. The highest BCUT2D eigenvalue weighted by molar-refractivity contribution is 7.89. The quantitative estimate of drug-likeness (QED) is 0.744. The predicted molar refractivity (Wildman–Crippen MR) is 99.0 cm³/mol. The van der Waals surface area contributed by atoms with Gasteiger partial charge in [-0.15, -0.1) is 0 Å². The smallest absolute Gasteiger partial charge is 0.256 e. The first-order valence-corrected chi connectivity index (χ1v) is 10.2. The van der Waals surface area contributed by atoms with Crippen LogP contribution in [0.5, 0.6) is 0 Å². The van der Waals surface area contributed by atoms with Crippen LogP contribution in [0.2, 0.25) is 0 Å². The number of aryl methyl sites for hydroxylation is 1. The lowest BCUT2D eigenvalue weighted by atomic mass is 10.1. The zero-order chi connectivity index (χ0) is 19.3. The summed E-state index contributed by atoms with van der Waals surface area (Å²) >= 11 is 0. The van der Waals surface area contributed by atoms with Gasteiger partial charge in [0, 0.05) is 38.3 Å². The Kier molecular flexibility index (Phi) is 4.15. The van der Waals surface area contributed by atoms with Crippen molar-refractivity contribution in [2.45, 2.75) is 31.2 Å². The van der Waals surface area contributed by atoms with E-state index in [1.807, 2.05) is 0 Å². The molecule has 0 N–H and O–H groups in total. The van der Waals surface area contributed by atoms with Gasteiger partial charge in [0.05, 0.1) is 23.5 Å². The Labute approximate surface area is 157 Å². The number of fused-ring (bicyclic) bond motifs is 2. The molecule has 2 aliphatic rings. The molecule has 0 unspecified atom stereocenters. The molecule has 2 aromatic rings. The van der Waals surface area contributed by atoms with Gasteiger partial charge in [-0.1, -0.05) is 6.07 Å². The van der Waals surface area contributed by atoms with Crippen molar-refractivity contribution < 1.29 is 13.2 Å². The Hall–Kier alpha value is -2.52. The molecule has 0 saturated carbocycles. The van der Waals surface area contributed by atoms with Crippen LogP contribution in [0, 0.1) is 0 Å². The molecule has 4 rings (SSSR count). The summed E-state index contributed by atoms with van der Waals surface area (Å²) in [5.41, 5.74) is 2.57. The first-order chi connectivity index (χ1) is 12.8. The number of rotatable bonds is 2. The van der Waals surface area contributed by atoms with Gasteiger partial charge in [0.2, 0.25) is 15.9 Å². The van der Waals surface area contributed by atoms with Crippen LogP contribution in [0.4, 0.5) is 5.69 Å². The van der Waals surface area contributed by atoms with Gasteiger partial charge < -0.3 is 9.47 Å². The number of benzene rings is 1. The van der Waals surface area contributed by atoms with Crippen molar-refractivity contribution in [2.75, 3.05) is 18.0 Å². The predicted octanol–water partition coefficient (Wildman–Crippen LogP) is 0.436. The second-order valence-corrected chi connectivity index (χ2v) is 8.82. The van der Waals surface area contributed by atoms with E-state index in [4.69, 9.17) is 0 Å². The standard InChI is InChI=1S/C18H20N4O4S/c1-12(23)22-8-5-13-3-4-14(9-17(13)22)27(25,26)21-7-6-15-16(10-21)19-11-20(2)18(15)24/h3-4,9,11H,5-8,10H2,1-2H3. The van der Waals surface area contributed by atoms with Crippen molar-refractivity contribution in [2.24, 2.45) is 7.05 Å². The molecular formula is C18H20N4O4S. The van der Waals surface area contributed by atoms with E-state index in [9.17, 15) is 18.0 Å². The van der Waals surface area contributed by atoms with Gasteiger partial charge in [-0.25, -0.2) is 13.4 Å². The van der Waals surface area contributed by atoms with Gasteiger partial charge in [-0.05, 0) is 30.5 Å². The SMILES string of the molecule is CC(=O)N1CCc2ccc(S(=O)(=O)N3CCc4c(ncn(C)c4=O)C3)cc21. The number of anilines is 1. The van der Waals surface area contributed by atoms with Crippen LogP contribution in [0.1, 0.15) is 23.7 Å². The van der Waals surface area contributed by atoms with Crippen molar-refractivity contribution in [3.05, 3.63) is 51.7 Å². The molecule has 1 aromatic heterocycles. The van der Waals surface area contributed by atoms with Gasteiger partial charge in [0.1, 0.15) is 0 Å². The van der Waals surface area contributed by atoms with Crippen molar-refractivity contribution in [3.8, 4) is 0 Å². The van der Waals surface area contributed by atoms with Gasteiger partial charge in [0.15, 0.2) is 0 Å². The van der Waals surface area contributed by atoms with Gasteiger partial charge >= 0.3 is 0 Å². The van der Waals surface area contributed by atoms with Gasteiger partial charge in [-0.3, -0.25) is 9.59 Å². The molecule has 9 heteroatoms. The van der Waals surface area contributed by atoms with E-state index in [0.717, 1.165) is 12.0 Å². The third kappa shape index (κ3) is 2.87. The first-order valence-electron chi connectivity index (χ1n) is 8.73. The fourth-order valence-corrected chi connectivity index (χ4v) is 5.12. The second-order valence-electron chi connectivity index (χ2n) is 6.89. The number of amides is 1. The minimum atomic E-state index is -3.75. The van der Waals surface area contributed by atoms with E-state index in [0.29, 0.717) is 29.9 Å². The van der Waals surface area contributed by atoms with Crippen LogP contribution >= 0.6 is 0 Å². The van der Waals surface area contributed by atoms with Crippen LogP contribution in [0.25, 0.3) is 0 Å². The summed E-state index contributed by atoms with van der Waals surface area (Å²) in [7, 11) is -2.12.